The highest BCUT2D eigenvalue weighted by molar-refractivity contribution is 7.85. The van der Waals surface area contributed by atoms with Crippen molar-refractivity contribution in [3.63, 3.8) is 0 Å². The summed E-state index contributed by atoms with van der Waals surface area (Å²) in [5.41, 5.74) is 5.73. The fraction of sp³-hybridized carbons (Fsp3) is 0.564. The fourth-order valence-electron chi connectivity index (χ4n) is 7.70. The van der Waals surface area contributed by atoms with Crippen LogP contribution in [-0.2, 0) is 60.4 Å². The minimum absolute atomic E-state index is 0.0800. The second-order valence-electron chi connectivity index (χ2n) is 16.1. The molecule has 1 aromatic heterocycles. The average molecular weight is 919 g/mol. The van der Waals surface area contributed by atoms with Crippen molar-refractivity contribution in [2.24, 2.45) is 17.6 Å². The minimum atomic E-state index is -2.38. The summed E-state index contributed by atoms with van der Waals surface area (Å²) in [6.45, 7) is 1.76. The van der Waals surface area contributed by atoms with Gasteiger partial charge in [0.25, 0.3) is 0 Å². The zero-order chi connectivity index (χ0) is 47.2. The largest absolute Gasteiger partial charge is 0.508 e. The van der Waals surface area contributed by atoms with Crippen molar-refractivity contribution in [3.8, 4) is 5.75 Å². The van der Waals surface area contributed by atoms with Crippen LogP contribution in [0.2, 0.25) is 0 Å². The van der Waals surface area contributed by atoms with Crippen LogP contribution in [-0.4, -0.2) is 168 Å². The summed E-state index contributed by atoms with van der Waals surface area (Å²) in [6.07, 6.45) is -4.42. The summed E-state index contributed by atoms with van der Waals surface area (Å²) in [6, 6.07) is -5.99. The number of hydrogen-bond acceptors (Lipinski definition) is 14. The number of phenols is 1. The molecule has 1 saturated heterocycles. The zero-order valence-corrected chi connectivity index (χ0v) is 36.0. The number of nitrogens with zero attached hydrogens (tertiary/aromatic N) is 1. The molecule has 25 heteroatoms. The molecular weight excluding hydrogens is 865 g/mol. The van der Waals surface area contributed by atoms with Crippen molar-refractivity contribution in [1.29, 1.82) is 0 Å². The number of fused-ring (bicyclic) bond motifs is 5. The molecule has 9 amide bonds. The molecule has 1 fully saturated rings. The summed E-state index contributed by atoms with van der Waals surface area (Å²) < 4.78 is 14.6. The molecule has 2 aromatic rings. The second-order valence-corrected chi connectivity index (χ2v) is 17.6. The lowest BCUT2D eigenvalue weighted by Gasteiger charge is -2.32. The molecule has 11 atom stereocenters. The maximum absolute atomic E-state index is 14.6. The number of carbonyl (C=O) groups excluding carboxylic acids is 9. The lowest BCUT2D eigenvalue weighted by Crippen LogP contribution is -2.62. The Bertz CT molecular complexity index is 2200. The Labute approximate surface area is 368 Å². The van der Waals surface area contributed by atoms with E-state index >= 15 is 0 Å². The first-order valence-electron chi connectivity index (χ1n) is 20.6. The number of aliphatic hydroxyl groups excluding tert-OH is 3. The molecule has 0 radical (unpaired) electrons. The number of primary amides is 1. The van der Waals surface area contributed by atoms with Gasteiger partial charge in [0.15, 0.2) is 0 Å². The van der Waals surface area contributed by atoms with Gasteiger partial charge in [-0.25, -0.2) is 0 Å². The number of nitrogens with one attached hydrogen (secondary N) is 8. The summed E-state index contributed by atoms with van der Waals surface area (Å²) in [5, 5.41) is 58.8. The van der Waals surface area contributed by atoms with E-state index in [2.05, 4.69) is 42.2 Å². The smallest absolute Gasteiger partial charge is 0.246 e. The summed E-state index contributed by atoms with van der Waals surface area (Å²) in [7, 11) is -2.38. The van der Waals surface area contributed by atoms with Gasteiger partial charge in [-0.1, -0.05) is 27.2 Å². The molecule has 5 rings (SSSR count). The molecule has 64 heavy (non-hydrogen) atoms. The Morgan fingerprint density at radius 3 is 2.20 bits per heavy atom. The highest BCUT2D eigenvalue weighted by atomic mass is 32.2. The van der Waals surface area contributed by atoms with E-state index in [1.165, 1.54) is 25.1 Å². The van der Waals surface area contributed by atoms with Gasteiger partial charge in [0.1, 0.15) is 47.0 Å². The van der Waals surface area contributed by atoms with E-state index in [0.29, 0.717) is 6.42 Å². The van der Waals surface area contributed by atoms with Crippen LogP contribution in [0.1, 0.15) is 45.6 Å². The van der Waals surface area contributed by atoms with Gasteiger partial charge < -0.3 is 73.3 Å². The van der Waals surface area contributed by atoms with Crippen LogP contribution < -0.4 is 43.0 Å². The number of rotatable bonds is 7. The molecule has 3 aliphatic heterocycles. The summed E-state index contributed by atoms with van der Waals surface area (Å²) in [4.78, 5) is 127. The molecule has 0 saturated carbocycles. The average Bonchev–Trinajstić information content (AvgIpc) is 3.82. The first-order chi connectivity index (χ1) is 30.2. The van der Waals surface area contributed by atoms with Gasteiger partial charge in [-0.3, -0.25) is 47.4 Å². The molecule has 0 aliphatic carbocycles. The molecule has 3 aliphatic rings. The van der Waals surface area contributed by atoms with Gasteiger partial charge in [0.2, 0.25) is 53.2 Å². The number of amides is 9. The maximum Gasteiger partial charge on any atom is 0.246 e. The van der Waals surface area contributed by atoms with Gasteiger partial charge in [-0.05, 0) is 23.6 Å². The van der Waals surface area contributed by atoms with Crippen molar-refractivity contribution < 1.29 is 67.8 Å². The molecule has 350 valence electrons. The highest BCUT2D eigenvalue weighted by Crippen LogP contribution is 2.30. The van der Waals surface area contributed by atoms with Crippen molar-refractivity contribution in [1.82, 2.24) is 47.1 Å². The lowest BCUT2D eigenvalue weighted by molar-refractivity contribution is -0.144. The van der Waals surface area contributed by atoms with E-state index < -0.39 is 176 Å². The third kappa shape index (κ3) is 11.5. The lowest BCUT2D eigenvalue weighted by atomic mass is 9.93. The summed E-state index contributed by atoms with van der Waals surface area (Å²) >= 11 is 0. The van der Waals surface area contributed by atoms with E-state index in [-0.39, 0.29) is 27.2 Å². The van der Waals surface area contributed by atoms with Crippen LogP contribution in [0, 0.1) is 11.8 Å². The molecule has 4 heterocycles. The van der Waals surface area contributed by atoms with Crippen molar-refractivity contribution in [3.05, 3.63) is 23.8 Å². The van der Waals surface area contributed by atoms with E-state index in [0.717, 1.165) is 4.90 Å². The number of phenolic OH excluding ortho intramolecular Hbond substituents is 1. The van der Waals surface area contributed by atoms with Gasteiger partial charge >= 0.3 is 0 Å². The third-order valence-electron chi connectivity index (χ3n) is 11.5. The van der Waals surface area contributed by atoms with Crippen LogP contribution in [0.25, 0.3) is 10.9 Å². The van der Waals surface area contributed by atoms with Crippen molar-refractivity contribution >= 4 is 74.9 Å². The van der Waals surface area contributed by atoms with Crippen molar-refractivity contribution in [2.75, 3.05) is 32.0 Å². The van der Waals surface area contributed by atoms with Crippen LogP contribution in [0.4, 0.5) is 0 Å². The van der Waals surface area contributed by atoms with Gasteiger partial charge in [-0.2, -0.15) is 0 Å². The first-order valence-corrected chi connectivity index (χ1v) is 21.9. The monoisotopic (exact) mass is 918 g/mol. The Hall–Kier alpha value is -6.18. The van der Waals surface area contributed by atoms with Crippen LogP contribution >= 0.6 is 0 Å². The number of aromatic hydroxyl groups is 1. The Morgan fingerprint density at radius 2 is 1.55 bits per heavy atom. The topological polar surface area (TPSA) is 381 Å². The number of aliphatic hydroxyl groups is 3. The number of nitrogens with two attached hydrogens (primary N) is 1. The SMILES string of the molecule is CC[C@H](C)[C@@H]1NC(=O)CNC(=O)[C@H]2Cc3c([nH]c4cc(O)ccc34)[S@](=O)C[C@@H](NC(=O)CNC1=O)C(=O)N[C@@H](CC(N)=O)C(=O)N1C[C@H](O)C[C@@H]1C(=O)N[C@@H]([C@@H](C)[C@H](O)CO)C(=O)N2. The fourth-order valence-corrected chi connectivity index (χ4v) is 9.10. The Morgan fingerprint density at radius 1 is 0.875 bits per heavy atom. The quantitative estimate of drug-likeness (QED) is 0.123. The zero-order valence-electron chi connectivity index (χ0n) is 35.2. The van der Waals surface area contributed by atoms with Crippen LogP contribution in [0.15, 0.2) is 23.2 Å². The van der Waals surface area contributed by atoms with Crippen molar-refractivity contribution in [2.45, 2.75) is 99.9 Å². The maximum atomic E-state index is 14.6. The van der Waals surface area contributed by atoms with E-state index in [1.807, 2.05) is 0 Å². The Kier molecular flexibility index (Phi) is 16.0. The predicted octanol–water partition coefficient (Wildman–Crippen LogP) is -5.92. The van der Waals surface area contributed by atoms with Crippen LogP contribution in [0.3, 0.4) is 0 Å². The standard InChI is InChI=1S/C39H54N10O14S/c1-4-16(2)31-36(60)42-11-29(55)43-25-15-64(63)38-21(20-6-5-18(51)7-22(20)46-38)9-23(33(57)41-12-30(56)47-31)44-37(61)32(17(3)27(53)14-50)48-35(59)26-8-19(52)13-49(26)39(62)24(10-28(40)54)45-34(25)58/h5-7,16-17,19,23-27,31-32,46,50-53H,4,8-15H2,1-3H3,(H2,40,54)(H,41,57)(H,42,60)(H,43,55)(H,44,61)(H,45,58)(H,47,56)(H,48,59)/t16-,17-,19+,23+,24-,25+,26+,27+,31-,32-,64+/m0/s1. The minimum Gasteiger partial charge on any atom is -0.508 e. The highest BCUT2D eigenvalue weighted by Gasteiger charge is 2.45. The predicted molar refractivity (Wildman–Crippen MR) is 222 cm³/mol. The van der Waals surface area contributed by atoms with Gasteiger partial charge in [0, 0.05) is 36.8 Å². The number of aromatic nitrogens is 1. The molecule has 1 aromatic carbocycles. The molecule has 0 unspecified atom stereocenters. The summed E-state index contributed by atoms with van der Waals surface area (Å²) in [5.74, 6) is -12.1. The van der Waals surface area contributed by atoms with Gasteiger partial charge in [0.05, 0.1) is 60.4 Å². The van der Waals surface area contributed by atoms with E-state index in [4.69, 9.17) is 5.73 Å². The number of benzene rings is 1. The van der Waals surface area contributed by atoms with E-state index in [1.54, 1.807) is 13.8 Å². The van der Waals surface area contributed by atoms with E-state index in [9.17, 15) is 67.8 Å². The third-order valence-corrected chi connectivity index (χ3v) is 13.0. The molecule has 14 N–H and O–H groups in total. The number of aromatic amines is 1. The number of H-pyrrole nitrogens is 1. The molecule has 2 bridgehead atoms. The molecule has 24 nitrogen and oxygen atoms in total. The first kappa shape index (κ1) is 48.8. The number of carbonyl (C=O) groups is 9. The second kappa shape index (κ2) is 21.0. The normalized spacial score (nSPS) is 28.5. The molecule has 0 spiro atoms. The Balaban J connectivity index is 1.73. The number of hydrogen-bond donors (Lipinski definition) is 13. The van der Waals surface area contributed by atoms with Gasteiger partial charge in [-0.15, -0.1) is 0 Å². The molecular formula is C39H54N10O14S. The van der Waals surface area contributed by atoms with Crippen LogP contribution in [0.5, 0.6) is 5.75 Å².